The van der Waals surface area contributed by atoms with E-state index in [0.717, 1.165) is 17.3 Å². The first-order chi connectivity index (χ1) is 8.11. The number of nitrogens with zero attached hydrogens (tertiary/aromatic N) is 1. The Kier molecular flexibility index (Phi) is 3.49. The van der Waals surface area contributed by atoms with Gasteiger partial charge < -0.3 is 5.32 Å². The highest BCUT2D eigenvalue weighted by molar-refractivity contribution is 9.10. The average Bonchev–Trinajstić information content (AvgIpc) is 3.12. The lowest BCUT2D eigenvalue weighted by Crippen LogP contribution is -2.22. The molecular formula is C13H13BrN2O. The number of nitriles is 1. The summed E-state index contributed by atoms with van der Waals surface area (Å²) in [6.07, 6.45) is 2.27. The number of hydrogen-bond donors (Lipinski definition) is 1. The normalized spacial score (nSPS) is 16.1. The Labute approximate surface area is 109 Å². The number of carbonyl (C=O) groups is 1. The molecule has 0 heterocycles. The second-order valence-corrected chi connectivity index (χ2v) is 5.33. The fraction of sp³-hybridized carbons (Fsp3) is 0.385. The van der Waals surface area contributed by atoms with E-state index >= 15 is 0 Å². The minimum atomic E-state index is 0.00194. The lowest BCUT2D eigenvalue weighted by molar-refractivity contribution is -0.119. The second-order valence-electron chi connectivity index (χ2n) is 4.42. The van der Waals surface area contributed by atoms with Gasteiger partial charge in [0.25, 0.3) is 0 Å². The van der Waals surface area contributed by atoms with Gasteiger partial charge in [-0.05, 0) is 37.0 Å². The van der Waals surface area contributed by atoms with Gasteiger partial charge in [0.05, 0.1) is 11.3 Å². The van der Waals surface area contributed by atoms with E-state index in [2.05, 4.69) is 27.3 Å². The molecule has 3 nitrogen and oxygen atoms in total. The number of hydrogen-bond acceptors (Lipinski definition) is 2. The Morgan fingerprint density at radius 2 is 2.29 bits per heavy atom. The van der Waals surface area contributed by atoms with Crippen molar-refractivity contribution in [2.24, 2.45) is 11.8 Å². The molecule has 0 radical (unpaired) electrons. The Bertz CT molecular complexity index is 489. The number of amides is 1. The lowest BCUT2D eigenvalue weighted by atomic mass is 10.1. The third-order valence-corrected chi connectivity index (χ3v) is 3.60. The van der Waals surface area contributed by atoms with Crippen LogP contribution >= 0.6 is 15.9 Å². The Morgan fingerprint density at radius 1 is 1.59 bits per heavy atom. The van der Waals surface area contributed by atoms with E-state index in [1.54, 1.807) is 18.2 Å². The summed E-state index contributed by atoms with van der Waals surface area (Å²) in [6, 6.07) is 7.32. The first kappa shape index (κ1) is 12.1. The van der Waals surface area contributed by atoms with Gasteiger partial charge in [0.1, 0.15) is 6.07 Å². The molecule has 0 spiro atoms. The molecule has 1 saturated carbocycles. The van der Waals surface area contributed by atoms with E-state index in [1.165, 1.54) is 0 Å². The van der Waals surface area contributed by atoms with Crippen LogP contribution in [-0.2, 0) is 4.79 Å². The molecule has 17 heavy (non-hydrogen) atoms. The molecular weight excluding hydrogens is 280 g/mol. The van der Waals surface area contributed by atoms with Gasteiger partial charge in [0, 0.05) is 10.4 Å². The van der Waals surface area contributed by atoms with E-state index < -0.39 is 0 Å². The molecule has 1 amide bonds. The van der Waals surface area contributed by atoms with Gasteiger partial charge >= 0.3 is 0 Å². The molecule has 0 saturated heterocycles. The lowest BCUT2D eigenvalue weighted by Gasteiger charge is -2.12. The van der Waals surface area contributed by atoms with Gasteiger partial charge in [-0.25, -0.2) is 0 Å². The minimum Gasteiger partial charge on any atom is -0.325 e. The zero-order valence-corrected chi connectivity index (χ0v) is 11.1. The zero-order valence-electron chi connectivity index (χ0n) is 9.53. The van der Waals surface area contributed by atoms with Crippen molar-refractivity contribution >= 4 is 27.5 Å². The topological polar surface area (TPSA) is 52.9 Å². The first-order valence-corrected chi connectivity index (χ1v) is 6.41. The summed E-state index contributed by atoms with van der Waals surface area (Å²) in [5, 5.41) is 11.8. The van der Waals surface area contributed by atoms with Gasteiger partial charge in [-0.3, -0.25) is 4.79 Å². The van der Waals surface area contributed by atoms with E-state index in [1.807, 2.05) is 6.92 Å². The third kappa shape index (κ3) is 2.86. The van der Waals surface area contributed by atoms with E-state index in [0.29, 0.717) is 17.2 Å². The molecule has 1 N–H and O–H groups in total. The Hall–Kier alpha value is -1.34. The molecule has 1 aromatic carbocycles. The van der Waals surface area contributed by atoms with Crippen LogP contribution in [-0.4, -0.2) is 5.91 Å². The maximum atomic E-state index is 11.9. The molecule has 88 valence electrons. The summed E-state index contributed by atoms with van der Waals surface area (Å²) >= 11 is 3.33. The van der Waals surface area contributed by atoms with Crippen LogP contribution in [0.2, 0.25) is 0 Å². The van der Waals surface area contributed by atoms with Crippen molar-refractivity contribution < 1.29 is 4.79 Å². The molecule has 1 aliphatic rings. The van der Waals surface area contributed by atoms with Crippen molar-refractivity contribution in [2.45, 2.75) is 19.8 Å². The van der Waals surface area contributed by atoms with Crippen molar-refractivity contribution in [3.8, 4) is 6.07 Å². The predicted octanol–water partition coefficient (Wildman–Crippen LogP) is 3.31. The fourth-order valence-corrected chi connectivity index (χ4v) is 2.14. The molecule has 1 fully saturated rings. The summed E-state index contributed by atoms with van der Waals surface area (Å²) in [4.78, 5) is 11.9. The number of anilines is 1. The molecule has 0 aromatic heterocycles. The molecule has 1 unspecified atom stereocenters. The number of carbonyl (C=O) groups excluding carboxylic acids is 1. The van der Waals surface area contributed by atoms with Crippen molar-refractivity contribution in [1.82, 2.24) is 0 Å². The molecule has 1 aliphatic carbocycles. The quantitative estimate of drug-likeness (QED) is 0.929. The van der Waals surface area contributed by atoms with Crippen LogP contribution in [0.3, 0.4) is 0 Å². The molecule has 0 aliphatic heterocycles. The van der Waals surface area contributed by atoms with Gasteiger partial charge in [-0.2, -0.15) is 5.26 Å². The summed E-state index contributed by atoms with van der Waals surface area (Å²) in [5.41, 5.74) is 1.07. The monoisotopic (exact) mass is 292 g/mol. The molecule has 4 heteroatoms. The zero-order chi connectivity index (χ0) is 12.4. The van der Waals surface area contributed by atoms with Crippen molar-refractivity contribution in [3.05, 3.63) is 28.2 Å². The highest BCUT2D eigenvalue weighted by Crippen LogP contribution is 2.37. The highest BCUT2D eigenvalue weighted by Gasteiger charge is 2.32. The smallest absolute Gasteiger partial charge is 0.227 e. The third-order valence-electron chi connectivity index (χ3n) is 3.10. The first-order valence-electron chi connectivity index (χ1n) is 5.62. The van der Waals surface area contributed by atoms with Crippen LogP contribution in [0.1, 0.15) is 25.3 Å². The maximum absolute atomic E-state index is 11.9. The predicted molar refractivity (Wildman–Crippen MR) is 69.4 cm³/mol. The van der Waals surface area contributed by atoms with Crippen LogP contribution in [0.15, 0.2) is 22.7 Å². The minimum absolute atomic E-state index is 0.00194. The molecule has 0 bridgehead atoms. The SMILES string of the molecule is CC(C(=O)Nc1cc(Br)ccc1C#N)C1CC1. The average molecular weight is 293 g/mol. The largest absolute Gasteiger partial charge is 0.325 e. The van der Waals surface area contributed by atoms with Gasteiger partial charge in [0.2, 0.25) is 5.91 Å². The Balaban J connectivity index is 2.14. The van der Waals surface area contributed by atoms with Crippen molar-refractivity contribution in [1.29, 1.82) is 5.26 Å². The van der Waals surface area contributed by atoms with Gasteiger partial charge in [-0.15, -0.1) is 0 Å². The maximum Gasteiger partial charge on any atom is 0.227 e. The van der Waals surface area contributed by atoms with E-state index in [4.69, 9.17) is 5.26 Å². The summed E-state index contributed by atoms with van der Waals surface area (Å²) in [6.45, 7) is 1.94. The van der Waals surface area contributed by atoms with Crippen LogP contribution in [0.25, 0.3) is 0 Å². The van der Waals surface area contributed by atoms with E-state index in [-0.39, 0.29) is 11.8 Å². The van der Waals surface area contributed by atoms with Crippen LogP contribution in [0, 0.1) is 23.2 Å². The Morgan fingerprint density at radius 3 is 2.88 bits per heavy atom. The number of halogens is 1. The van der Waals surface area contributed by atoms with Crippen LogP contribution in [0.4, 0.5) is 5.69 Å². The van der Waals surface area contributed by atoms with E-state index in [9.17, 15) is 4.79 Å². The fourth-order valence-electron chi connectivity index (χ4n) is 1.77. The number of benzene rings is 1. The second kappa shape index (κ2) is 4.89. The van der Waals surface area contributed by atoms with Crippen LogP contribution < -0.4 is 5.32 Å². The summed E-state index contributed by atoms with van der Waals surface area (Å²) in [5.74, 6) is 0.551. The molecule has 1 atom stereocenters. The summed E-state index contributed by atoms with van der Waals surface area (Å²) in [7, 11) is 0. The summed E-state index contributed by atoms with van der Waals surface area (Å²) < 4.78 is 0.853. The number of rotatable bonds is 3. The van der Waals surface area contributed by atoms with Gasteiger partial charge in [0.15, 0.2) is 0 Å². The molecule has 1 aromatic rings. The number of nitrogens with one attached hydrogen (secondary N) is 1. The van der Waals surface area contributed by atoms with Gasteiger partial charge in [-0.1, -0.05) is 22.9 Å². The standard InChI is InChI=1S/C13H13BrN2O/c1-8(9-2-3-9)13(17)16-12-6-11(14)5-4-10(12)7-15/h4-6,8-9H,2-3H2,1H3,(H,16,17). The highest BCUT2D eigenvalue weighted by atomic mass is 79.9. The van der Waals surface area contributed by atoms with Crippen LogP contribution in [0.5, 0.6) is 0 Å². The van der Waals surface area contributed by atoms with Crippen molar-refractivity contribution in [3.63, 3.8) is 0 Å². The molecule has 2 rings (SSSR count). The van der Waals surface area contributed by atoms with Crippen molar-refractivity contribution in [2.75, 3.05) is 5.32 Å².